The summed E-state index contributed by atoms with van der Waals surface area (Å²) >= 11 is 0. The number of quaternary nitrogens is 2. The fourth-order valence-corrected chi connectivity index (χ4v) is 6.77. The molecule has 2 unspecified atom stereocenters. The van der Waals surface area contributed by atoms with E-state index in [0.29, 0.717) is 0 Å². The lowest BCUT2D eigenvalue weighted by Gasteiger charge is -2.51. The van der Waals surface area contributed by atoms with Crippen LogP contribution in [0.3, 0.4) is 0 Å². The molecule has 4 rings (SSSR count). The average molecular weight is 433 g/mol. The van der Waals surface area contributed by atoms with E-state index in [1.54, 1.807) is 14.2 Å². The predicted octanol–water partition coefficient (Wildman–Crippen LogP) is 4.02. The van der Waals surface area contributed by atoms with Crippen molar-refractivity contribution in [1.82, 2.24) is 0 Å². The van der Waals surface area contributed by atoms with Crippen molar-refractivity contribution in [3.05, 3.63) is 23.3 Å². The molecular formula is C26H44N2O3+2. The maximum absolute atomic E-state index is 6.54. The summed E-state index contributed by atoms with van der Waals surface area (Å²) in [5.41, 5.74) is 2.79. The highest BCUT2D eigenvalue weighted by Crippen LogP contribution is 2.37. The molecule has 0 amide bonds. The molecule has 5 nitrogen and oxygen atoms in total. The topological polar surface area (TPSA) is 27.7 Å². The third kappa shape index (κ3) is 4.89. The second-order valence-corrected chi connectivity index (χ2v) is 10.9. The fourth-order valence-electron chi connectivity index (χ4n) is 6.77. The number of nitrogens with zero attached hydrogens (tertiary/aromatic N) is 2. The molecule has 3 heterocycles. The Balaban J connectivity index is 1.35. The summed E-state index contributed by atoms with van der Waals surface area (Å²) in [5, 5.41) is 0. The lowest BCUT2D eigenvalue weighted by molar-refractivity contribution is -0.947. The van der Waals surface area contributed by atoms with Gasteiger partial charge in [-0.05, 0) is 50.3 Å². The van der Waals surface area contributed by atoms with Gasteiger partial charge in [-0.2, -0.15) is 0 Å². The molecule has 1 aromatic rings. The van der Waals surface area contributed by atoms with Crippen molar-refractivity contribution < 1.29 is 23.2 Å². The van der Waals surface area contributed by atoms with Crippen molar-refractivity contribution in [1.29, 1.82) is 0 Å². The van der Waals surface area contributed by atoms with E-state index in [2.05, 4.69) is 33.2 Å². The highest BCUT2D eigenvalue weighted by molar-refractivity contribution is 5.47. The van der Waals surface area contributed by atoms with Crippen LogP contribution in [0.1, 0.15) is 50.2 Å². The van der Waals surface area contributed by atoms with Gasteiger partial charge in [-0.1, -0.05) is 0 Å². The molecule has 5 heteroatoms. The molecular weight excluding hydrogens is 388 g/mol. The minimum atomic E-state index is 0.288. The molecule has 1 aromatic carbocycles. The van der Waals surface area contributed by atoms with Crippen molar-refractivity contribution in [2.45, 2.75) is 64.1 Å². The summed E-state index contributed by atoms with van der Waals surface area (Å²) in [7, 11) is 8.32. The lowest BCUT2D eigenvalue weighted by atomic mass is 9.82. The van der Waals surface area contributed by atoms with Gasteiger partial charge in [-0.3, -0.25) is 0 Å². The second-order valence-electron chi connectivity index (χ2n) is 10.9. The molecule has 0 aromatic heterocycles. The predicted molar refractivity (Wildman–Crippen MR) is 125 cm³/mol. The minimum Gasteiger partial charge on any atom is -0.493 e. The first-order chi connectivity index (χ1) is 14.9. The average Bonchev–Trinajstić information content (AvgIpc) is 2.75. The summed E-state index contributed by atoms with van der Waals surface area (Å²) in [4.78, 5) is 0. The number of fused-ring (bicyclic) bond motifs is 2. The molecule has 0 saturated carbocycles. The van der Waals surface area contributed by atoms with Gasteiger partial charge in [0.25, 0.3) is 0 Å². The molecule has 0 bridgehead atoms. The van der Waals surface area contributed by atoms with E-state index < -0.39 is 0 Å². The van der Waals surface area contributed by atoms with Gasteiger partial charge in [0.05, 0.1) is 60.6 Å². The Bertz CT molecular complexity index is 765. The number of hydrogen-bond donors (Lipinski definition) is 0. The number of ether oxygens (including phenoxy) is 3. The van der Waals surface area contributed by atoms with E-state index in [0.717, 1.165) is 60.6 Å². The van der Waals surface area contributed by atoms with Gasteiger partial charge in [0.15, 0.2) is 11.5 Å². The molecule has 0 spiro atoms. The number of piperidine rings is 2. The highest BCUT2D eigenvalue weighted by Gasteiger charge is 2.43. The molecule has 2 fully saturated rings. The van der Waals surface area contributed by atoms with Gasteiger partial charge >= 0.3 is 0 Å². The largest absolute Gasteiger partial charge is 0.493 e. The summed E-state index contributed by atoms with van der Waals surface area (Å²) < 4.78 is 19.9. The van der Waals surface area contributed by atoms with Gasteiger partial charge in [0, 0.05) is 24.3 Å². The Morgan fingerprint density at radius 1 is 0.935 bits per heavy atom. The van der Waals surface area contributed by atoms with Crippen LogP contribution >= 0.6 is 0 Å². The Morgan fingerprint density at radius 3 is 2.39 bits per heavy atom. The maximum Gasteiger partial charge on any atom is 0.161 e. The summed E-state index contributed by atoms with van der Waals surface area (Å²) in [6.07, 6.45) is 8.31. The van der Waals surface area contributed by atoms with Gasteiger partial charge < -0.3 is 23.2 Å². The quantitative estimate of drug-likeness (QED) is 0.609. The third-order valence-corrected chi connectivity index (χ3v) is 8.48. The lowest BCUT2D eigenvalue weighted by Crippen LogP contribution is -2.61. The van der Waals surface area contributed by atoms with Crippen LogP contribution in [0, 0.1) is 5.92 Å². The van der Waals surface area contributed by atoms with Gasteiger partial charge in [0.2, 0.25) is 0 Å². The van der Waals surface area contributed by atoms with Crippen LogP contribution in [0.2, 0.25) is 0 Å². The molecule has 5 atom stereocenters. The van der Waals surface area contributed by atoms with Crippen molar-refractivity contribution >= 4 is 0 Å². The number of methoxy groups -OCH3 is 2. The second kappa shape index (κ2) is 9.29. The van der Waals surface area contributed by atoms with Crippen LogP contribution in [-0.2, 0) is 17.7 Å². The van der Waals surface area contributed by atoms with Crippen LogP contribution in [0.25, 0.3) is 0 Å². The number of rotatable bonds is 7. The summed E-state index contributed by atoms with van der Waals surface area (Å²) in [6.45, 7) is 9.23. The van der Waals surface area contributed by atoms with Crippen molar-refractivity contribution in [3.8, 4) is 11.5 Å². The van der Waals surface area contributed by atoms with E-state index in [4.69, 9.17) is 14.2 Å². The Labute approximate surface area is 189 Å². The Morgan fingerprint density at radius 2 is 1.65 bits per heavy atom. The Kier molecular flexibility index (Phi) is 6.85. The van der Waals surface area contributed by atoms with Crippen molar-refractivity contribution in [2.24, 2.45) is 5.92 Å². The van der Waals surface area contributed by atoms with Crippen LogP contribution in [0.4, 0.5) is 0 Å². The van der Waals surface area contributed by atoms with Gasteiger partial charge in [-0.25, -0.2) is 0 Å². The standard InChI is InChI=1S/C26H44N2O3/c1-20(31-19-22-9-8-13-28(3)12-7-6-10-24(22)28)17-27(2)14-11-21-15-25(29-4)26(30-5)16-23(21)18-27/h15-16,20,22,24H,6-14,17-19H2,1-5H3/q+2/t20-,22-,24-,27?,28?/m0/s1. The van der Waals surface area contributed by atoms with Gasteiger partial charge in [-0.15, -0.1) is 0 Å². The monoisotopic (exact) mass is 432 g/mol. The first-order valence-electron chi connectivity index (χ1n) is 12.4. The molecule has 3 aliphatic rings. The highest BCUT2D eigenvalue weighted by atomic mass is 16.5. The first-order valence-corrected chi connectivity index (χ1v) is 12.4. The zero-order chi connectivity index (χ0) is 22.1. The molecule has 174 valence electrons. The van der Waals surface area contributed by atoms with Crippen molar-refractivity contribution in [2.75, 3.05) is 61.1 Å². The normalized spacial score (nSPS) is 33.8. The minimum absolute atomic E-state index is 0.288. The number of benzene rings is 1. The SMILES string of the molecule is COc1cc2c(cc1OC)C[N+](C)(C[C@H](C)OC[C@@H]1CCC[N+]3(C)CCCC[C@@H]13)CC2. The maximum atomic E-state index is 6.54. The van der Waals surface area contributed by atoms with Crippen molar-refractivity contribution in [3.63, 3.8) is 0 Å². The molecule has 0 aliphatic carbocycles. The van der Waals surface area contributed by atoms with E-state index in [1.165, 1.54) is 60.8 Å². The molecule has 2 saturated heterocycles. The fraction of sp³-hybridized carbons (Fsp3) is 0.769. The summed E-state index contributed by atoms with van der Waals surface area (Å²) in [6, 6.07) is 5.17. The molecule has 31 heavy (non-hydrogen) atoms. The number of likely N-dealkylation sites (N-methyl/N-ethyl adjacent to an activating group) is 1. The van der Waals surface area contributed by atoms with E-state index in [-0.39, 0.29) is 6.10 Å². The Hall–Kier alpha value is -1.30. The third-order valence-electron chi connectivity index (χ3n) is 8.48. The van der Waals surface area contributed by atoms with Gasteiger partial charge in [0.1, 0.15) is 19.2 Å². The smallest absolute Gasteiger partial charge is 0.161 e. The van der Waals surface area contributed by atoms with Crippen LogP contribution in [0.15, 0.2) is 12.1 Å². The first kappa shape index (κ1) is 22.9. The molecule has 0 radical (unpaired) electrons. The summed E-state index contributed by atoms with van der Waals surface area (Å²) in [5.74, 6) is 2.42. The van der Waals surface area contributed by atoms with Crippen LogP contribution < -0.4 is 9.47 Å². The van der Waals surface area contributed by atoms with E-state index >= 15 is 0 Å². The molecule has 3 aliphatic heterocycles. The van der Waals surface area contributed by atoms with Crippen LogP contribution in [-0.4, -0.2) is 82.2 Å². The van der Waals surface area contributed by atoms with Crippen LogP contribution in [0.5, 0.6) is 11.5 Å². The zero-order valence-corrected chi connectivity index (χ0v) is 20.5. The van der Waals surface area contributed by atoms with E-state index in [9.17, 15) is 0 Å². The number of hydrogen-bond acceptors (Lipinski definition) is 3. The molecule has 0 N–H and O–H groups in total. The zero-order valence-electron chi connectivity index (χ0n) is 20.5. The van der Waals surface area contributed by atoms with E-state index in [1.807, 2.05) is 0 Å².